The van der Waals surface area contributed by atoms with Crippen molar-refractivity contribution in [2.24, 2.45) is 12.5 Å². The van der Waals surface area contributed by atoms with Crippen LogP contribution in [0.2, 0.25) is 0 Å². The summed E-state index contributed by atoms with van der Waals surface area (Å²) in [6.45, 7) is 1.85. The number of benzene rings is 2. The summed E-state index contributed by atoms with van der Waals surface area (Å²) in [6, 6.07) is 13.8. The summed E-state index contributed by atoms with van der Waals surface area (Å²) in [5.74, 6) is 0.898. The molecule has 2 aliphatic rings. The smallest absolute Gasteiger partial charge is 0.253 e. The third-order valence-corrected chi connectivity index (χ3v) is 7.96. The maximum absolute atomic E-state index is 13.7. The number of H-pyrrole nitrogens is 1. The second kappa shape index (κ2) is 8.55. The number of nitrogens with one attached hydrogen (secondary N) is 1. The molecular formula is C28H29N5O3. The molecule has 8 heteroatoms. The number of hydrogen-bond acceptors (Lipinski definition) is 4. The summed E-state index contributed by atoms with van der Waals surface area (Å²) >= 11 is 0. The summed E-state index contributed by atoms with van der Waals surface area (Å²) in [5.41, 5.74) is 4.11. The van der Waals surface area contributed by atoms with Crippen LogP contribution in [-0.2, 0) is 11.8 Å². The van der Waals surface area contributed by atoms with Gasteiger partial charge in [0.2, 0.25) is 5.91 Å². The molecule has 6 rings (SSSR count). The van der Waals surface area contributed by atoms with Gasteiger partial charge in [0.1, 0.15) is 5.75 Å². The number of carbonyl (C=O) groups excluding carboxylic acids is 2. The molecule has 2 amide bonds. The summed E-state index contributed by atoms with van der Waals surface area (Å²) in [5, 5.41) is 7.91. The topological polar surface area (TPSA) is 83.5 Å². The molecule has 2 aliphatic heterocycles. The van der Waals surface area contributed by atoms with E-state index in [1.807, 2.05) is 76.3 Å². The minimum atomic E-state index is -0.406. The van der Waals surface area contributed by atoms with Gasteiger partial charge in [-0.25, -0.2) is 0 Å². The lowest BCUT2D eigenvalue weighted by molar-refractivity contribution is -0.127. The molecule has 1 N–H and O–H groups in total. The van der Waals surface area contributed by atoms with Crippen LogP contribution in [0.1, 0.15) is 29.6 Å². The van der Waals surface area contributed by atoms with Crippen LogP contribution in [-0.4, -0.2) is 58.2 Å². The third-order valence-electron chi connectivity index (χ3n) is 7.96. The summed E-state index contributed by atoms with van der Waals surface area (Å²) < 4.78 is 7.67. The van der Waals surface area contributed by atoms with Crippen molar-refractivity contribution >= 4 is 28.4 Å². The largest absolute Gasteiger partial charge is 0.496 e. The minimum Gasteiger partial charge on any atom is -0.496 e. The highest BCUT2D eigenvalue weighted by Gasteiger charge is 2.49. The van der Waals surface area contributed by atoms with E-state index in [4.69, 9.17) is 4.74 Å². The van der Waals surface area contributed by atoms with Crippen LogP contribution >= 0.6 is 0 Å². The molecule has 0 radical (unpaired) electrons. The van der Waals surface area contributed by atoms with Crippen LogP contribution in [0.15, 0.2) is 61.1 Å². The van der Waals surface area contributed by atoms with Gasteiger partial charge in [0.15, 0.2) is 0 Å². The number of anilines is 1. The number of aromatic nitrogens is 3. The molecule has 0 aliphatic carbocycles. The Bertz CT molecular complexity index is 1450. The fourth-order valence-electron chi connectivity index (χ4n) is 5.75. The van der Waals surface area contributed by atoms with Gasteiger partial charge in [-0.15, -0.1) is 0 Å². The number of methoxy groups -OCH3 is 1. The molecule has 2 aromatic carbocycles. The van der Waals surface area contributed by atoms with Gasteiger partial charge in [0.25, 0.3) is 5.91 Å². The third kappa shape index (κ3) is 3.56. The number of nitrogens with zero attached hydrogens (tertiary/aromatic N) is 4. The van der Waals surface area contributed by atoms with Crippen molar-refractivity contribution in [2.75, 3.05) is 31.6 Å². The Morgan fingerprint density at radius 1 is 1.06 bits per heavy atom. The second-order valence-corrected chi connectivity index (χ2v) is 9.85. The second-order valence-electron chi connectivity index (χ2n) is 9.85. The van der Waals surface area contributed by atoms with Gasteiger partial charge < -0.3 is 19.1 Å². The molecule has 0 bridgehead atoms. The van der Waals surface area contributed by atoms with Crippen molar-refractivity contribution in [3.63, 3.8) is 0 Å². The van der Waals surface area contributed by atoms with E-state index in [1.54, 1.807) is 13.3 Å². The average molecular weight is 484 g/mol. The van der Waals surface area contributed by atoms with Crippen molar-refractivity contribution in [3.8, 4) is 16.9 Å². The predicted molar refractivity (Wildman–Crippen MR) is 138 cm³/mol. The first-order valence-corrected chi connectivity index (χ1v) is 12.3. The average Bonchev–Trinajstić information content (AvgIpc) is 3.65. The molecule has 36 heavy (non-hydrogen) atoms. The first kappa shape index (κ1) is 22.4. The van der Waals surface area contributed by atoms with Crippen molar-refractivity contribution in [1.82, 2.24) is 19.7 Å². The van der Waals surface area contributed by atoms with E-state index < -0.39 is 5.41 Å². The Hall–Kier alpha value is -4.07. The number of carbonyl (C=O) groups is 2. The lowest BCUT2D eigenvalue weighted by Gasteiger charge is -2.38. The van der Waals surface area contributed by atoms with Gasteiger partial charge >= 0.3 is 0 Å². The predicted octanol–water partition coefficient (Wildman–Crippen LogP) is 4.24. The number of aromatic amines is 1. The zero-order valence-corrected chi connectivity index (χ0v) is 20.5. The summed E-state index contributed by atoms with van der Waals surface area (Å²) in [7, 11) is 3.64. The molecule has 2 saturated heterocycles. The van der Waals surface area contributed by atoms with Crippen LogP contribution in [0.3, 0.4) is 0 Å². The van der Waals surface area contributed by atoms with E-state index in [9.17, 15) is 9.59 Å². The SMILES string of the molecule is COc1cc(N2CCC3(CCN(C(=O)c4ccc5c(ccn5C)c4)CC3)C2=O)ccc1-c1cn[nH]c1. The molecular weight excluding hydrogens is 454 g/mol. The maximum Gasteiger partial charge on any atom is 0.253 e. The molecule has 4 heterocycles. The Morgan fingerprint density at radius 2 is 1.86 bits per heavy atom. The fraction of sp³-hybridized carbons (Fsp3) is 0.321. The first-order valence-electron chi connectivity index (χ1n) is 12.3. The van der Waals surface area contributed by atoms with Crippen LogP contribution in [0.25, 0.3) is 22.0 Å². The highest BCUT2D eigenvalue weighted by molar-refractivity contribution is 6.01. The Morgan fingerprint density at radius 3 is 2.61 bits per heavy atom. The van der Waals surface area contributed by atoms with Gasteiger partial charge in [-0.2, -0.15) is 5.10 Å². The highest BCUT2D eigenvalue weighted by Crippen LogP contribution is 2.44. The van der Waals surface area contributed by atoms with E-state index in [-0.39, 0.29) is 11.8 Å². The van der Waals surface area contributed by atoms with Crippen LogP contribution < -0.4 is 9.64 Å². The van der Waals surface area contributed by atoms with E-state index >= 15 is 0 Å². The van der Waals surface area contributed by atoms with Gasteiger partial charge in [-0.3, -0.25) is 14.7 Å². The monoisotopic (exact) mass is 483 g/mol. The van der Waals surface area contributed by atoms with E-state index in [0.29, 0.717) is 43.8 Å². The van der Waals surface area contributed by atoms with Crippen molar-refractivity contribution in [1.29, 1.82) is 0 Å². The zero-order chi connectivity index (χ0) is 24.9. The number of rotatable bonds is 4. The van der Waals surface area contributed by atoms with Crippen LogP contribution in [0, 0.1) is 5.41 Å². The molecule has 8 nitrogen and oxygen atoms in total. The Labute approximate surface area is 209 Å². The number of fused-ring (bicyclic) bond motifs is 1. The number of aryl methyl sites for hydroxylation is 1. The van der Waals surface area contributed by atoms with Gasteiger partial charge in [-0.05, 0) is 55.7 Å². The lowest BCUT2D eigenvalue weighted by atomic mass is 9.77. The first-order chi connectivity index (χ1) is 17.5. The lowest BCUT2D eigenvalue weighted by Crippen LogP contribution is -2.46. The molecule has 2 aromatic heterocycles. The number of piperidine rings is 1. The zero-order valence-electron chi connectivity index (χ0n) is 20.5. The summed E-state index contributed by atoms with van der Waals surface area (Å²) in [4.78, 5) is 30.7. The van der Waals surface area contributed by atoms with Crippen LogP contribution in [0.5, 0.6) is 5.75 Å². The van der Waals surface area contributed by atoms with E-state index in [0.717, 1.165) is 34.1 Å². The molecule has 0 unspecified atom stereocenters. The van der Waals surface area contributed by atoms with Crippen LogP contribution in [0.4, 0.5) is 5.69 Å². The van der Waals surface area contributed by atoms with Gasteiger partial charge in [0.05, 0.1) is 18.7 Å². The molecule has 1 spiro atoms. The number of ether oxygens (including phenoxy) is 1. The normalized spacial score (nSPS) is 17.3. The van der Waals surface area contributed by atoms with E-state index in [2.05, 4.69) is 10.2 Å². The van der Waals surface area contributed by atoms with Crippen molar-refractivity contribution < 1.29 is 14.3 Å². The highest BCUT2D eigenvalue weighted by atomic mass is 16.5. The Kier molecular flexibility index (Phi) is 5.32. The Balaban J connectivity index is 1.16. The fourth-order valence-corrected chi connectivity index (χ4v) is 5.75. The number of likely N-dealkylation sites (tertiary alicyclic amines) is 1. The van der Waals surface area contributed by atoms with Gasteiger partial charge in [0, 0.05) is 78.4 Å². The molecule has 0 atom stereocenters. The number of amides is 2. The van der Waals surface area contributed by atoms with Crippen molar-refractivity contribution in [3.05, 3.63) is 66.6 Å². The van der Waals surface area contributed by atoms with Gasteiger partial charge in [-0.1, -0.05) is 0 Å². The molecule has 4 aromatic rings. The standard InChI is InChI=1S/C28H29N5O3/c1-31-11-7-19-15-20(3-6-24(19)31)26(34)32-12-8-28(9-13-32)10-14-33(27(28)35)22-4-5-23(25(16-22)36-2)21-17-29-30-18-21/h3-7,11,15-18H,8-10,12-14H2,1-2H3,(H,29,30). The molecule has 184 valence electrons. The van der Waals surface area contributed by atoms with Crippen molar-refractivity contribution in [2.45, 2.75) is 19.3 Å². The molecule has 0 saturated carbocycles. The number of hydrogen-bond donors (Lipinski definition) is 1. The summed E-state index contributed by atoms with van der Waals surface area (Å²) in [6.07, 6.45) is 7.75. The van der Waals surface area contributed by atoms with E-state index in [1.165, 1.54) is 0 Å². The maximum atomic E-state index is 13.7. The quantitative estimate of drug-likeness (QED) is 0.471. The molecule has 2 fully saturated rings. The minimum absolute atomic E-state index is 0.0393.